The zero-order chi connectivity index (χ0) is 28.4. The Labute approximate surface area is 239 Å². The number of nitrogens with zero attached hydrogens (tertiary/aromatic N) is 1. The predicted octanol–water partition coefficient (Wildman–Crippen LogP) is 3.20. The lowest BCUT2D eigenvalue weighted by Crippen LogP contribution is -2.41. The number of amides is 4. The van der Waals surface area contributed by atoms with Crippen LogP contribution in [0.4, 0.5) is 0 Å². The Kier molecular flexibility index (Phi) is 9.98. The van der Waals surface area contributed by atoms with Crippen molar-refractivity contribution in [2.75, 3.05) is 18.8 Å². The Morgan fingerprint density at radius 1 is 0.700 bits per heavy atom. The molecule has 9 nitrogen and oxygen atoms in total. The first-order valence-corrected chi connectivity index (χ1v) is 14.8. The molecular weight excluding hydrogens is 550 g/mol. The molecule has 0 aliphatic carbocycles. The molecule has 2 N–H and O–H groups in total. The molecule has 4 amide bonds. The van der Waals surface area contributed by atoms with E-state index in [4.69, 9.17) is 4.84 Å². The molecule has 0 radical (unpaired) electrons. The number of imide groups is 1. The zero-order valence-electron chi connectivity index (χ0n) is 21.4. The summed E-state index contributed by atoms with van der Waals surface area (Å²) in [4.78, 5) is 64.3. The first-order valence-electron chi connectivity index (χ1n) is 12.5. The summed E-state index contributed by atoms with van der Waals surface area (Å²) in [5.74, 6) is -3.07. The predicted molar refractivity (Wildman–Crippen MR) is 152 cm³/mol. The lowest BCUT2D eigenvalue weighted by molar-refractivity contribution is -0.196. The Morgan fingerprint density at radius 3 is 1.62 bits per heavy atom. The minimum absolute atomic E-state index is 0.0238. The second-order valence-electron chi connectivity index (χ2n) is 8.72. The third-order valence-corrected chi connectivity index (χ3v) is 8.90. The Balaban J connectivity index is 1.33. The summed E-state index contributed by atoms with van der Waals surface area (Å²) >= 11 is 0. The Hall–Kier alpha value is -4.09. The average molecular weight is 578 g/mol. The van der Waals surface area contributed by atoms with Crippen molar-refractivity contribution >= 4 is 51.2 Å². The zero-order valence-corrected chi connectivity index (χ0v) is 23.0. The number of hydroxylamine groups is 2. The van der Waals surface area contributed by atoms with E-state index in [0.29, 0.717) is 5.06 Å². The molecule has 1 saturated heterocycles. The van der Waals surface area contributed by atoms with Gasteiger partial charge in [0.2, 0.25) is 11.8 Å². The van der Waals surface area contributed by atoms with Gasteiger partial charge in [0.1, 0.15) is 11.3 Å². The average Bonchev–Trinajstić information content (AvgIpc) is 3.30. The third-order valence-electron chi connectivity index (χ3n) is 5.99. The van der Waals surface area contributed by atoms with Gasteiger partial charge in [0.25, 0.3) is 11.8 Å². The summed E-state index contributed by atoms with van der Waals surface area (Å²) in [6.45, 7) is -0.899. The summed E-state index contributed by atoms with van der Waals surface area (Å²) in [7, 11) is 2.93. The van der Waals surface area contributed by atoms with E-state index >= 15 is 0 Å². The largest absolute Gasteiger partial charge is 0.352 e. The van der Waals surface area contributed by atoms with E-state index in [9.17, 15) is 24.0 Å². The maximum atomic E-state index is 12.6. The van der Waals surface area contributed by atoms with Crippen LogP contribution in [-0.2, 0) is 33.6 Å². The van der Waals surface area contributed by atoms with Crippen LogP contribution in [0, 0.1) is 0 Å². The van der Waals surface area contributed by atoms with E-state index in [0.717, 1.165) is 16.7 Å². The highest BCUT2D eigenvalue weighted by Gasteiger charge is 2.37. The van der Waals surface area contributed by atoms with E-state index in [-0.39, 0.29) is 31.0 Å². The van der Waals surface area contributed by atoms with Crippen molar-refractivity contribution in [1.82, 2.24) is 15.7 Å². The number of rotatable bonds is 12. The quantitative estimate of drug-likeness (QED) is 0.191. The van der Waals surface area contributed by atoms with Crippen LogP contribution in [0.15, 0.2) is 91.0 Å². The molecule has 0 bridgehead atoms. The molecule has 206 valence electrons. The van der Waals surface area contributed by atoms with Crippen LogP contribution in [0.3, 0.4) is 0 Å². The summed E-state index contributed by atoms with van der Waals surface area (Å²) in [5, 5.41) is 5.25. The van der Waals surface area contributed by atoms with Crippen molar-refractivity contribution in [3.05, 3.63) is 108 Å². The van der Waals surface area contributed by atoms with Crippen LogP contribution >= 0.6 is 21.6 Å². The van der Waals surface area contributed by atoms with Gasteiger partial charge in [-0.3, -0.25) is 19.2 Å². The lowest BCUT2D eigenvalue weighted by atomic mass is 9.84. The molecule has 0 aromatic heterocycles. The van der Waals surface area contributed by atoms with Gasteiger partial charge in [0, 0.05) is 12.8 Å². The maximum absolute atomic E-state index is 12.6. The van der Waals surface area contributed by atoms with Gasteiger partial charge in [0.15, 0.2) is 0 Å². The standard InChI is InChI=1S/C29H27N3O6S2/c33-24(31-19-28(37)38-32-26(35)16-17-27(32)36)18-30-25(34)20-39-40-29(21-10-4-1-5-11-21,22-12-6-2-7-13-22)23-14-8-3-9-15-23/h1-15H,16-20H2,(H,30,34)(H,31,33). The van der Waals surface area contributed by atoms with Crippen molar-refractivity contribution in [3.63, 3.8) is 0 Å². The van der Waals surface area contributed by atoms with Gasteiger partial charge >= 0.3 is 5.97 Å². The normalized spacial score (nSPS) is 13.2. The number of benzene rings is 3. The van der Waals surface area contributed by atoms with Crippen molar-refractivity contribution in [2.24, 2.45) is 0 Å². The molecule has 0 spiro atoms. The number of nitrogens with one attached hydrogen (secondary N) is 2. The fourth-order valence-corrected chi connectivity index (χ4v) is 7.13. The van der Waals surface area contributed by atoms with Crippen LogP contribution in [0.5, 0.6) is 0 Å². The van der Waals surface area contributed by atoms with Crippen molar-refractivity contribution in [3.8, 4) is 0 Å². The van der Waals surface area contributed by atoms with Crippen LogP contribution in [0.2, 0.25) is 0 Å². The molecule has 4 rings (SSSR count). The van der Waals surface area contributed by atoms with E-state index < -0.39 is 35.0 Å². The van der Waals surface area contributed by atoms with Gasteiger partial charge in [0.05, 0.1) is 12.3 Å². The first kappa shape index (κ1) is 28.9. The second-order valence-corrected chi connectivity index (χ2v) is 11.2. The first-order chi connectivity index (χ1) is 19.4. The Bertz CT molecular complexity index is 1240. The summed E-state index contributed by atoms with van der Waals surface area (Å²) < 4.78 is -0.593. The fourth-order valence-electron chi connectivity index (χ4n) is 4.09. The molecule has 0 saturated carbocycles. The number of carbonyl (C=O) groups is 5. The van der Waals surface area contributed by atoms with Crippen LogP contribution < -0.4 is 10.6 Å². The van der Waals surface area contributed by atoms with E-state index in [2.05, 4.69) is 47.0 Å². The Morgan fingerprint density at radius 2 is 1.15 bits per heavy atom. The minimum atomic E-state index is -0.964. The van der Waals surface area contributed by atoms with Crippen molar-refractivity contribution in [1.29, 1.82) is 0 Å². The maximum Gasteiger partial charge on any atom is 0.352 e. The second kappa shape index (κ2) is 13.8. The number of carbonyl (C=O) groups excluding carboxylic acids is 5. The number of hydrogen-bond donors (Lipinski definition) is 2. The van der Waals surface area contributed by atoms with Crippen molar-refractivity contribution < 1.29 is 28.8 Å². The molecule has 1 aliphatic rings. The molecule has 1 heterocycles. The van der Waals surface area contributed by atoms with E-state index in [1.807, 2.05) is 54.6 Å². The van der Waals surface area contributed by atoms with Gasteiger partial charge in [-0.15, -0.1) is 5.06 Å². The fraction of sp³-hybridized carbons (Fsp3) is 0.207. The highest BCUT2D eigenvalue weighted by Crippen LogP contribution is 2.53. The SMILES string of the molecule is O=C(CNC(=O)CSSC(c1ccccc1)(c1ccccc1)c1ccccc1)NCC(=O)ON1C(=O)CCC1=O. The monoisotopic (exact) mass is 577 g/mol. The summed E-state index contributed by atoms with van der Waals surface area (Å²) in [5.41, 5.74) is 3.19. The molecule has 11 heteroatoms. The van der Waals surface area contributed by atoms with E-state index in [1.165, 1.54) is 10.8 Å². The lowest BCUT2D eigenvalue weighted by Gasteiger charge is -2.34. The molecule has 1 fully saturated rings. The highest BCUT2D eigenvalue weighted by atomic mass is 33.1. The molecule has 1 aliphatic heterocycles. The van der Waals surface area contributed by atoms with Crippen LogP contribution in [0.1, 0.15) is 29.5 Å². The van der Waals surface area contributed by atoms with Gasteiger partial charge < -0.3 is 15.5 Å². The summed E-state index contributed by atoms with van der Waals surface area (Å²) in [6, 6.07) is 30.2. The number of hydrogen-bond acceptors (Lipinski definition) is 8. The minimum Gasteiger partial charge on any atom is -0.346 e. The van der Waals surface area contributed by atoms with E-state index in [1.54, 1.807) is 10.8 Å². The smallest absolute Gasteiger partial charge is 0.346 e. The summed E-state index contributed by atoms with van der Waals surface area (Å²) in [6.07, 6.45) is -0.0477. The van der Waals surface area contributed by atoms with Gasteiger partial charge in [-0.1, -0.05) is 113 Å². The molecule has 0 unspecified atom stereocenters. The third kappa shape index (κ3) is 7.10. The highest BCUT2D eigenvalue weighted by molar-refractivity contribution is 8.77. The van der Waals surface area contributed by atoms with Gasteiger partial charge in [-0.25, -0.2) is 4.79 Å². The molecule has 3 aromatic carbocycles. The van der Waals surface area contributed by atoms with Gasteiger partial charge in [-0.05, 0) is 16.7 Å². The van der Waals surface area contributed by atoms with Crippen molar-refractivity contribution in [2.45, 2.75) is 17.6 Å². The molecule has 3 aromatic rings. The van der Waals surface area contributed by atoms with Crippen LogP contribution in [-0.4, -0.2) is 53.5 Å². The molecule has 40 heavy (non-hydrogen) atoms. The molecular formula is C29H27N3O6S2. The van der Waals surface area contributed by atoms with Crippen LogP contribution in [0.25, 0.3) is 0 Å². The van der Waals surface area contributed by atoms with Gasteiger partial charge in [-0.2, -0.15) is 0 Å². The molecule has 0 atom stereocenters. The topological polar surface area (TPSA) is 122 Å².